The first-order chi connectivity index (χ1) is 8.34. The normalized spacial score (nSPS) is 16.4. The van der Waals surface area contributed by atoms with Gasteiger partial charge in [-0.2, -0.15) is 0 Å². The van der Waals surface area contributed by atoms with Gasteiger partial charge in [-0.3, -0.25) is 4.79 Å². The largest absolute Gasteiger partial charge is 0.336 e. The second kappa shape index (κ2) is 4.20. The van der Waals surface area contributed by atoms with Gasteiger partial charge in [0, 0.05) is 13.1 Å². The molecule has 2 aromatic rings. The SMILES string of the molecule is O=C(c1nc2ccccc2[nH]1)N1CCCCC1. The lowest BCUT2D eigenvalue weighted by Crippen LogP contribution is -2.36. The highest BCUT2D eigenvalue weighted by Crippen LogP contribution is 2.15. The number of hydrogen-bond acceptors (Lipinski definition) is 2. The molecule has 1 aliphatic rings. The fourth-order valence-electron chi connectivity index (χ4n) is 2.30. The topological polar surface area (TPSA) is 49.0 Å². The number of imidazole rings is 1. The third-order valence-electron chi connectivity index (χ3n) is 3.24. The predicted octanol–water partition coefficient (Wildman–Crippen LogP) is 2.19. The van der Waals surface area contributed by atoms with Crippen molar-refractivity contribution >= 4 is 16.9 Å². The molecule has 0 bridgehead atoms. The minimum Gasteiger partial charge on any atom is -0.336 e. The number of nitrogens with one attached hydrogen (secondary N) is 1. The van der Waals surface area contributed by atoms with Crippen molar-refractivity contribution in [2.45, 2.75) is 19.3 Å². The van der Waals surface area contributed by atoms with E-state index < -0.39 is 0 Å². The van der Waals surface area contributed by atoms with Crippen LogP contribution in [0.15, 0.2) is 24.3 Å². The maximum Gasteiger partial charge on any atom is 0.289 e. The first-order valence-corrected chi connectivity index (χ1v) is 6.08. The molecule has 0 unspecified atom stereocenters. The van der Waals surface area contributed by atoms with E-state index in [9.17, 15) is 4.79 Å². The lowest BCUT2D eigenvalue weighted by atomic mass is 10.1. The minimum absolute atomic E-state index is 0.0286. The molecule has 0 radical (unpaired) electrons. The van der Waals surface area contributed by atoms with Gasteiger partial charge in [-0.15, -0.1) is 0 Å². The zero-order valence-corrected chi connectivity index (χ0v) is 9.65. The van der Waals surface area contributed by atoms with Crippen molar-refractivity contribution in [3.63, 3.8) is 0 Å². The van der Waals surface area contributed by atoms with E-state index in [1.807, 2.05) is 29.2 Å². The van der Waals surface area contributed by atoms with E-state index in [1.54, 1.807) is 0 Å². The number of aromatic nitrogens is 2. The van der Waals surface area contributed by atoms with Gasteiger partial charge in [0.2, 0.25) is 0 Å². The maximum atomic E-state index is 12.2. The Morgan fingerprint density at radius 3 is 2.71 bits per heavy atom. The van der Waals surface area contributed by atoms with Crippen LogP contribution in [0.5, 0.6) is 0 Å². The number of carbonyl (C=O) groups excluding carboxylic acids is 1. The molecule has 4 heteroatoms. The molecule has 3 rings (SSSR count). The first kappa shape index (κ1) is 10.3. The molecule has 0 saturated carbocycles. The predicted molar refractivity (Wildman–Crippen MR) is 65.8 cm³/mol. The summed E-state index contributed by atoms with van der Waals surface area (Å²) in [5, 5.41) is 0. The van der Waals surface area contributed by atoms with Crippen molar-refractivity contribution in [1.29, 1.82) is 0 Å². The molecule has 1 aromatic carbocycles. The summed E-state index contributed by atoms with van der Waals surface area (Å²) >= 11 is 0. The standard InChI is InChI=1S/C13H15N3O/c17-13(16-8-4-1-5-9-16)12-14-10-6-2-3-7-11(10)15-12/h2-3,6-7H,1,4-5,8-9H2,(H,14,15). The molecule has 1 N–H and O–H groups in total. The number of likely N-dealkylation sites (tertiary alicyclic amines) is 1. The molecule has 88 valence electrons. The monoisotopic (exact) mass is 229 g/mol. The summed E-state index contributed by atoms with van der Waals surface area (Å²) in [6.07, 6.45) is 3.43. The van der Waals surface area contributed by atoms with E-state index in [1.165, 1.54) is 6.42 Å². The highest BCUT2D eigenvalue weighted by Gasteiger charge is 2.20. The summed E-state index contributed by atoms with van der Waals surface area (Å²) in [7, 11) is 0. The smallest absolute Gasteiger partial charge is 0.289 e. The number of piperidine rings is 1. The number of nitrogens with zero attached hydrogens (tertiary/aromatic N) is 2. The Balaban J connectivity index is 1.89. The molecule has 0 spiro atoms. The third kappa shape index (κ3) is 1.90. The Bertz CT molecular complexity index is 507. The van der Waals surface area contributed by atoms with E-state index in [-0.39, 0.29) is 5.91 Å². The van der Waals surface area contributed by atoms with Crippen LogP contribution in [0.4, 0.5) is 0 Å². The number of carbonyl (C=O) groups is 1. The summed E-state index contributed by atoms with van der Waals surface area (Å²) in [5.74, 6) is 0.494. The number of hydrogen-bond donors (Lipinski definition) is 1. The van der Waals surface area contributed by atoms with Gasteiger partial charge < -0.3 is 9.88 Å². The molecule has 0 atom stereocenters. The number of rotatable bonds is 1. The molecule has 17 heavy (non-hydrogen) atoms. The van der Waals surface area contributed by atoms with Crippen molar-refractivity contribution in [2.24, 2.45) is 0 Å². The second-order valence-corrected chi connectivity index (χ2v) is 4.46. The highest BCUT2D eigenvalue weighted by molar-refractivity contribution is 5.94. The fraction of sp³-hybridized carbons (Fsp3) is 0.385. The molecule has 1 amide bonds. The van der Waals surface area contributed by atoms with Crippen LogP contribution in [0.1, 0.15) is 29.9 Å². The number of fused-ring (bicyclic) bond motifs is 1. The quantitative estimate of drug-likeness (QED) is 0.814. The molecule has 1 saturated heterocycles. The van der Waals surface area contributed by atoms with Crippen molar-refractivity contribution < 1.29 is 4.79 Å². The molecule has 1 aromatic heterocycles. The van der Waals surface area contributed by atoms with Crippen LogP contribution in [-0.2, 0) is 0 Å². The van der Waals surface area contributed by atoms with E-state index in [4.69, 9.17) is 0 Å². The molecule has 1 aliphatic heterocycles. The highest BCUT2D eigenvalue weighted by atomic mass is 16.2. The Hall–Kier alpha value is -1.84. The summed E-state index contributed by atoms with van der Waals surface area (Å²) in [6.45, 7) is 1.71. The van der Waals surface area contributed by atoms with E-state index in [0.29, 0.717) is 5.82 Å². The average Bonchev–Trinajstić information content (AvgIpc) is 2.82. The number of para-hydroxylation sites is 2. The zero-order valence-electron chi connectivity index (χ0n) is 9.65. The fourth-order valence-corrected chi connectivity index (χ4v) is 2.30. The lowest BCUT2D eigenvalue weighted by Gasteiger charge is -2.25. The molecule has 0 aliphatic carbocycles. The van der Waals surface area contributed by atoms with Crippen LogP contribution in [0.25, 0.3) is 11.0 Å². The molecular weight excluding hydrogens is 214 g/mol. The summed E-state index contributed by atoms with van der Waals surface area (Å²) < 4.78 is 0. The van der Waals surface area contributed by atoms with Crippen LogP contribution in [0, 0.1) is 0 Å². The molecule has 2 heterocycles. The van der Waals surface area contributed by atoms with Gasteiger partial charge in [-0.05, 0) is 31.4 Å². The van der Waals surface area contributed by atoms with E-state index in [2.05, 4.69) is 9.97 Å². The van der Waals surface area contributed by atoms with Crippen molar-refractivity contribution in [3.05, 3.63) is 30.1 Å². The number of aromatic amines is 1. The maximum absolute atomic E-state index is 12.2. The summed E-state index contributed by atoms with van der Waals surface area (Å²) in [4.78, 5) is 21.5. The van der Waals surface area contributed by atoms with E-state index >= 15 is 0 Å². The molecule has 1 fully saturated rings. The Morgan fingerprint density at radius 1 is 1.18 bits per heavy atom. The van der Waals surface area contributed by atoms with Crippen LogP contribution < -0.4 is 0 Å². The second-order valence-electron chi connectivity index (χ2n) is 4.46. The van der Waals surface area contributed by atoms with Crippen LogP contribution >= 0.6 is 0 Å². The first-order valence-electron chi connectivity index (χ1n) is 6.08. The van der Waals surface area contributed by atoms with Gasteiger partial charge in [0.15, 0.2) is 5.82 Å². The minimum atomic E-state index is 0.0286. The Labute approximate surface area is 99.6 Å². The van der Waals surface area contributed by atoms with Gasteiger partial charge >= 0.3 is 0 Å². The third-order valence-corrected chi connectivity index (χ3v) is 3.24. The Morgan fingerprint density at radius 2 is 1.94 bits per heavy atom. The van der Waals surface area contributed by atoms with Crippen LogP contribution in [0.2, 0.25) is 0 Å². The Kier molecular flexibility index (Phi) is 2.55. The summed E-state index contributed by atoms with van der Waals surface area (Å²) in [6, 6.07) is 7.72. The van der Waals surface area contributed by atoms with Gasteiger partial charge in [0.05, 0.1) is 11.0 Å². The zero-order chi connectivity index (χ0) is 11.7. The van der Waals surface area contributed by atoms with Crippen molar-refractivity contribution in [3.8, 4) is 0 Å². The summed E-state index contributed by atoms with van der Waals surface area (Å²) in [5.41, 5.74) is 1.78. The molecular formula is C13H15N3O. The van der Waals surface area contributed by atoms with E-state index in [0.717, 1.165) is 37.0 Å². The number of benzene rings is 1. The van der Waals surface area contributed by atoms with Crippen LogP contribution in [-0.4, -0.2) is 33.9 Å². The van der Waals surface area contributed by atoms with Gasteiger partial charge in [-0.25, -0.2) is 4.98 Å². The van der Waals surface area contributed by atoms with Crippen LogP contribution in [0.3, 0.4) is 0 Å². The van der Waals surface area contributed by atoms with Gasteiger partial charge in [0.25, 0.3) is 5.91 Å². The van der Waals surface area contributed by atoms with Gasteiger partial charge in [-0.1, -0.05) is 12.1 Å². The molecule has 4 nitrogen and oxygen atoms in total. The number of H-pyrrole nitrogens is 1. The van der Waals surface area contributed by atoms with Gasteiger partial charge in [0.1, 0.15) is 0 Å². The number of amides is 1. The van der Waals surface area contributed by atoms with Crippen molar-refractivity contribution in [2.75, 3.05) is 13.1 Å². The lowest BCUT2D eigenvalue weighted by molar-refractivity contribution is 0.0713. The average molecular weight is 229 g/mol. The van der Waals surface area contributed by atoms with Crippen molar-refractivity contribution in [1.82, 2.24) is 14.9 Å².